The first-order chi connectivity index (χ1) is 15.9. The number of amides is 3. The van der Waals surface area contributed by atoms with Crippen LogP contribution in [-0.2, 0) is 20.9 Å². The summed E-state index contributed by atoms with van der Waals surface area (Å²) in [5, 5.41) is 16.2. The molecule has 3 unspecified atom stereocenters. The molecule has 1 aliphatic heterocycles. The Morgan fingerprint density at radius 1 is 1.18 bits per heavy atom. The molecule has 1 saturated heterocycles. The zero-order chi connectivity index (χ0) is 25.3. The second-order valence-electron chi connectivity index (χ2n) is 10.1. The van der Waals surface area contributed by atoms with Crippen molar-refractivity contribution in [3.8, 4) is 0 Å². The van der Waals surface area contributed by atoms with Gasteiger partial charge in [-0.2, -0.15) is 0 Å². The zero-order valence-corrected chi connectivity index (χ0v) is 20.9. The van der Waals surface area contributed by atoms with Crippen LogP contribution in [-0.4, -0.2) is 65.0 Å². The average molecular weight is 478 g/mol. The molecule has 3 atom stereocenters. The van der Waals surface area contributed by atoms with Crippen molar-refractivity contribution in [1.29, 1.82) is 0 Å². The van der Waals surface area contributed by atoms with Crippen molar-refractivity contribution in [3.63, 3.8) is 0 Å². The van der Waals surface area contributed by atoms with Gasteiger partial charge < -0.3 is 30.1 Å². The highest BCUT2D eigenvalue weighted by Crippen LogP contribution is 2.15. The monoisotopic (exact) mass is 477 g/mol. The van der Waals surface area contributed by atoms with E-state index in [1.165, 1.54) is 4.90 Å². The van der Waals surface area contributed by atoms with Crippen molar-refractivity contribution >= 4 is 18.1 Å². The van der Waals surface area contributed by atoms with E-state index in [0.29, 0.717) is 25.8 Å². The summed E-state index contributed by atoms with van der Waals surface area (Å²) >= 11 is 0. The first-order valence-electron chi connectivity index (χ1n) is 11.9. The van der Waals surface area contributed by atoms with Crippen LogP contribution < -0.4 is 10.6 Å². The number of carbonyl (C=O) groups is 3. The lowest BCUT2D eigenvalue weighted by molar-refractivity contribution is -0.125. The number of carbonyl (C=O) groups excluding carboxylic acids is 3. The number of nitrogens with one attached hydrogen (secondary N) is 2. The van der Waals surface area contributed by atoms with Gasteiger partial charge in [0.25, 0.3) is 0 Å². The second kappa shape index (κ2) is 12.6. The quantitative estimate of drug-likeness (QED) is 0.555. The molecule has 0 radical (unpaired) electrons. The molecule has 0 spiro atoms. The maximum atomic E-state index is 13.0. The summed E-state index contributed by atoms with van der Waals surface area (Å²) in [6.45, 7) is 9.79. The third-order valence-corrected chi connectivity index (χ3v) is 5.32. The Morgan fingerprint density at radius 2 is 1.85 bits per heavy atom. The van der Waals surface area contributed by atoms with Gasteiger partial charge in [0, 0.05) is 6.54 Å². The van der Waals surface area contributed by atoms with Crippen molar-refractivity contribution in [2.45, 2.75) is 84.3 Å². The fraction of sp³-hybridized carbons (Fsp3) is 0.640. The molecule has 9 nitrogen and oxygen atoms in total. The van der Waals surface area contributed by atoms with Crippen LogP contribution in [0.15, 0.2) is 30.3 Å². The Balaban J connectivity index is 1.93. The van der Waals surface area contributed by atoms with Gasteiger partial charge in [-0.3, -0.25) is 4.79 Å². The third-order valence-electron chi connectivity index (χ3n) is 5.32. The number of likely N-dealkylation sites (tertiary alicyclic amines) is 1. The molecule has 0 bridgehead atoms. The standard InChI is InChI=1S/C25H39N3O6/c1-17(2)14-20(27-23(31)34-25(3,4)5)22(30)26-19-12-9-13-28(15-21(19)29)24(32)33-16-18-10-7-6-8-11-18/h6-8,10-11,17,19-21,29H,9,12-16H2,1-5H3,(H,26,30)(H,27,31). The molecule has 3 N–H and O–H groups in total. The third kappa shape index (κ3) is 9.59. The molecule has 0 saturated carbocycles. The lowest BCUT2D eigenvalue weighted by atomic mass is 10.0. The van der Waals surface area contributed by atoms with Crippen LogP contribution in [0.3, 0.4) is 0 Å². The molecule has 1 aromatic carbocycles. The predicted octanol–water partition coefficient (Wildman–Crippen LogP) is 3.20. The fourth-order valence-corrected chi connectivity index (χ4v) is 3.72. The van der Waals surface area contributed by atoms with E-state index in [4.69, 9.17) is 9.47 Å². The Bertz CT molecular complexity index is 809. The van der Waals surface area contributed by atoms with Gasteiger partial charge in [-0.1, -0.05) is 44.2 Å². The molecule has 9 heteroatoms. The highest BCUT2D eigenvalue weighted by atomic mass is 16.6. The van der Waals surface area contributed by atoms with Crippen LogP contribution in [0.4, 0.5) is 9.59 Å². The highest BCUT2D eigenvalue weighted by molar-refractivity contribution is 5.86. The molecule has 1 aromatic rings. The zero-order valence-electron chi connectivity index (χ0n) is 20.9. The van der Waals surface area contributed by atoms with Gasteiger partial charge in [0.15, 0.2) is 0 Å². The summed E-state index contributed by atoms with van der Waals surface area (Å²) in [6.07, 6.45) is -0.614. The number of benzene rings is 1. The first kappa shape index (κ1) is 27.4. The topological polar surface area (TPSA) is 117 Å². The molecular formula is C25H39N3O6. The molecule has 34 heavy (non-hydrogen) atoms. The van der Waals surface area contributed by atoms with Crippen molar-refractivity contribution < 1.29 is 29.0 Å². The van der Waals surface area contributed by atoms with Crippen LogP contribution in [0.1, 0.15) is 59.4 Å². The van der Waals surface area contributed by atoms with Crippen LogP contribution in [0.25, 0.3) is 0 Å². The minimum Gasteiger partial charge on any atom is -0.445 e. The number of ether oxygens (including phenoxy) is 2. The number of β-amino-alcohol motifs (C(OH)–C–C–N with tert-alkyl or cyclic N) is 1. The molecule has 3 amide bonds. The largest absolute Gasteiger partial charge is 0.445 e. The number of alkyl carbamates (subject to hydrolysis) is 1. The summed E-state index contributed by atoms with van der Waals surface area (Å²) in [6, 6.07) is 8.03. The maximum Gasteiger partial charge on any atom is 0.410 e. The van der Waals surface area contributed by atoms with Crippen molar-refractivity contribution in [1.82, 2.24) is 15.5 Å². The number of nitrogens with zero attached hydrogens (tertiary/aromatic N) is 1. The van der Waals surface area contributed by atoms with Gasteiger partial charge in [-0.05, 0) is 51.5 Å². The SMILES string of the molecule is CC(C)CC(NC(=O)OC(C)(C)C)C(=O)NC1CCCN(C(=O)OCc2ccccc2)CC1O. The van der Waals surface area contributed by atoms with Gasteiger partial charge >= 0.3 is 12.2 Å². The second-order valence-corrected chi connectivity index (χ2v) is 10.1. The Morgan fingerprint density at radius 3 is 2.47 bits per heavy atom. The summed E-state index contributed by atoms with van der Waals surface area (Å²) in [5.74, 6) is -0.233. The van der Waals surface area contributed by atoms with E-state index in [1.54, 1.807) is 20.8 Å². The number of aliphatic hydroxyl groups is 1. The normalized spacial score (nSPS) is 19.7. The average Bonchev–Trinajstić information content (AvgIpc) is 2.92. The minimum atomic E-state index is -0.961. The number of hydrogen-bond donors (Lipinski definition) is 3. The van der Waals surface area contributed by atoms with Crippen LogP contribution >= 0.6 is 0 Å². The minimum absolute atomic E-state index is 0.0485. The highest BCUT2D eigenvalue weighted by Gasteiger charge is 2.32. The summed E-state index contributed by atoms with van der Waals surface area (Å²) in [7, 11) is 0. The van der Waals surface area contributed by atoms with Gasteiger partial charge in [0.05, 0.1) is 18.7 Å². The summed E-state index contributed by atoms with van der Waals surface area (Å²) < 4.78 is 10.7. The molecule has 1 fully saturated rings. The predicted molar refractivity (Wildman–Crippen MR) is 128 cm³/mol. The lowest BCUT2D eigenvalue weighted by Crippen LogP contribution is -2.54. The molecule has 190 valence electrons. The molecule has 1 heterocycles. The fourth-order valence-electron chi connectivity index (χ4n) is 3.72. The molecular weight excluding hydrogens is 438 g/mol. The Labute approximate surface area is 202 Å². The van der Waals surface area contributed by atoms with E-state index in [0.717, 1.165) is 5.56 Å². The van der Waals surface area contributed by atoms with E-state index in [-0.39, 0.29) is 25.0 Å². The number of hydrogen-bond acceptors (Lipinski definition) is 6. The maximum absolute atomic E-state index is 13.0. The Hall–Kier alpha value is -2.81. The smallest absolute Gasteiger partial charge is 0.410 e. The van der Waals surface area contributed by atoms with Crippen molar-refractivity contribution in [3.05, 3.63) is 35.9 Å². The van der Waals surface area contributed by atoms with Gasteiger partial charge in [-0.25, -0.2) is 9.59 Å². The molecule has 0 aliphatic carbocycles. The van der Waals surface area contributed by atoms with E-state index >= 15 is 0 Å². The van der Waals surface area contributed by atoms with Crippen LogP contribution in [0, 0.1) is 5.92 Å². The number of aliphatic hydroxyl groups excluding tert-OH is 1. The van der Waals surface area contributed by atoms with E-state index in [9.17, 15) is 19.5 Å². The Kier molecular flexibility index (Phi) is 10.2. The van der Waals surface area contributed by atoms with E-state index in [1.807, 2.05) is 44.2 Å². The van der Waals surface area contributed by atoms with E-state index in [2.05, 4.69) is 10.6 Å². The molecule has 2 rings (SSSR count). The molecule has 0 aromatic heterocycles. The van der Waals surface area contributed by atoms with Gasteiger partial charge in [-0.15, -0.1) is 0 Å². The summed E-state index contributed by atoms with van der Waals surface area (Å²) in [4.78, 5) is 39.2. The number of rotatable bonds is 7. The van der Waals surface area contributed by atoms with Crippen molar-refractivity contribution in [2.24, 2.45) is 5.92 Å². The lowest BCUT2D eigenvalue weighted by Gasteiger charge is -2.28. The van der Waals surface area contributed by atoms with E-state index < -0.39 is 36.0 Å². The van der Waals surface area contributed by atoms with Crippen LogP contribution in [0.5, 0.6) is 0 Å². The van der Waals surface area contributed by atoms with Crippen LogP contribution in [0.2, 0.25) is 0 Å². The van der Waals surface area contributed by atoms with Gasteiger partial charge in [0.1, 0.15) is 18.2 Å². The molecule has 1 aliphatic rings. The van der Waals surface area contributed by atoms with Gasteiger partial charge in [0.2, 0.25) is 5.91 Å². The van der Waals surface area contributed by atoms with Crippen molar-refractivity contribution in [2.75, 3.05) is 13.1 Å². The first-order valence-corrected chi connectivity index (χ1v) is 11.9. The summed E-state index contributed by atoms with van der Waals surface area (Å²) in [5.41, 5.74) is 0.198.